The van der Waals surface area contributed by atoms with Gasteiger partial charge in [0.05, 0.1) is 11.1 Å². The fourth-order valence-electron chi connectivity index (χ4n) is 3.69. The number of carbonyl (C=O) groups excluding carboxylic acids is 2. The number of aromatic nitrogens is 1. The monoisotopic (exact) mass is 379 g/mol. The molecule has 0 saturated heterocycles. The molecule has 1 fully saturated rings. The van der Waals surface area contributed by atoms with E-state index in [2.05, 4.69) is 29.5 Å². The highest BCUT2D eigenvalue weighted by atomic mass is 16.2. The van der Waals surface area contributed by atoms with E-state index in [0.29, 0.717) is 17.0 Å². The van der Waals surface area contributed by atoms with Gasteiger partial charge < -0.3 is 10.6 Å². The number of rotatable bonds is 5. The first-order valence-electron chi connectivity index (χ1n) is 10.2. The predicted octanol–water partition coefficient (Wildman–Crippen LogP) is 4.91. The molecule has 0 aliphatic heterocycles. The summed E-state index contributed by atoms with van der Waals surface area (Å²) in [5.41, 5.74) is 2.67. The number of hydrogen-bond acceptors (Lipinski definition) is 3. The Morgan fingerprint density at radius 3 is 2.29 bits per heavy atom. The molecule has 148 valence electrons. The number of para-hydroxylation sites is 1. The summed E-state index contributed by atoms with van der Waals surface area (Å²) in [5, 5.41) is 6.06. The van der Waals surface area contributed by atoms with Gasteiger partial charge in [-0.15, -0.1) is 0 Å². The highest BCUT2D eigenvalue weighted by molar-refractivity contribution is 6.06. The molecule has 0 spiro atoms. The molecule has 0 atom stereocenters. The lowest BCUT2D eigenvalue weighted by atomic mass is 10.0. The molecule has 0 radical (unpaired) electrons. The SMILES string of the molecule is CC(C)c1ccccc1NC(=O)c1cncc(C(=O)NC2CCCCCC2)c1. The molecule has 1 aliphatic carbocycles. The number of hydrogen-bond donors (Lipinski definition) is 2. The van der Waals surface area contributed by atoms with Gasteiger partial charge in [-0.1, -0.05) is 57.7 Å². The van der Waals surface area contributed by atoms with Gasteiger partial charge in [-0.25, -0.2) is 0 Å². The number of anilines is 1. The van der Waals surface area contributed by atoms with Crippen LogP contribution >= 0.6 is 0 Å². The normalized spacial score (nSPS) is 15.1. The molecule has 3 rings (SSSR count). The van der Waals surface area contributed by atoms with E-state index < -0.39 is 0 Å². The van der Waals surface area contributed by atoms with Crippen molar-refractivity contribution in [3.8, 4) is 0 Å². The van der Waals surface area contributed by atoms with E-state index in [1.807, 2.05) is 24.3 Å². The van der Waals surface area contributed by atoms with Gasteiger partial charge in [0, 0.05) is 24.1 Å². The van der Waals surface area contributed by atoms with Crippen molar-refractivity contribution >= 4 is 17.5 Å². The Labute approximate surface area is 167 Å². The van der Waals surface area contributed by atoms with Gasteiger partial charge in [-0.2, -0.15) is 0 Å². The van der Waals surface area contributed by atoms with Crippen molar-refractivity contribution < 1.29 is 9.59 Å². The molecule has 1 heterocycles. The van der Waals surface area contributed by atoms with Crippen LogP contribution in [-0.2, 0) is 0 Å². The van der Waals surface area contributed by atoms with Gasteiger partial charge >= 0.3 is 0 Å². The lowest BCUT2D eigenvalue weighted by molar-refractivity contribution is 0.0933. The molecule has 1 aliphatic rings. The minimum atomic E-state index is -0.260. The summed E-state index contributed by atoms with van der Waals surface area (Å²) in [6.45, 7) is 4.18. The van der Waals surface area contributed by atoms with Gasteiger partial charge in [0.1, 0.15) is 0 Å². The van der Waals surface area contributed by atoms with E-state index in [1.54, 1.807) is 6.07 Å². The van der Waals surface area contributed by atoms with Crippen LogP contribution in [0.3, 0.4) is 0 Å². The molecule has 0 unspecified atom stereocenters. The molecule has 2 aromatic rings. The molecule has 0 bridgehead atoms. The van der Waals surface area contributed by atoms with Crippen molar-refractivity contribution in [3.05, 3.63) is 59.4 Å². The van der Waals surface area contributed by atoms with Crippen molar-refractivity contribution in [1.29, 1.82) is 0 Å². The van der Waals surface area contributed by atoms with E-state index in [-0.39, 0.29) is 17.9 Å². The van der Waals surface area contributed by atoms with Crippen LogP contribution in [-0.4, -0.2) is 22.8 Å². The summed E-state index contributed by atoms with van der Waals surface area (Å²) in [7, 11) is 0. The molecule has 1 saturated carbocycles. The molecule has 5 heteroatoms. The van der Waals surface area contributed by atoms with Crippen molar-refractivity contribution in [2.45, 2.75) is 64.3 Å². The number of pyridine rings is 1. The summed E-state index contributed by atoms with van der Waals surface area (Å²) in [4.78, 5) is 29.5. The number of nitrogens with one attached hydrogen (secondary N) is 2. The van der Waals surface area contributed by atoms with Crippen LogP contribution in [0.15, 0.2) is 42.7 Å². The van der Waals surface area contributed by atoms with Crippen LogP contribution in [0.25, 0.3) is 0 Å². The van der Waals surface area contributed by atoms with Crippen molar-refractivity contribution in [1.82, 2.24) is 10.3 Å². The third kappa shape index (κ3) is 5.18. The molecule has 2 N–H and O–H groups in total. The smallest absolute Gasteiger partial charge is 0.257 e. The average Bonchev–Trinajstić information content (AvgIpc) is 2.97. The first-order chi connectivity index (χ1) is 13.5. The Kier molecular flexibility index (Phi) is 6.80. The zero-order valence-corrected chi connectivity index (χ0v) is 16.7. The second kappa shape index (κ2) is 9.49. The first-order valence-corrected chi connectivity index (χ1v) is 10.2. The maximum atomic E-state index is 12.7. The fraction of sp³-hybridized carbons (Fsp3) is 0.435. The zero-order chi connectivity index (χ0) is 19.9. The van der Waals surface area contributed by atoms with Crippen LogP contribution in [0, 0.1) is 0 Å². The van der Waals surface area contributed by atoms with Gasteiger partial charge in [0.15, 0.2) is 0 Å². The van der Waals surface area contributed by atoms with Gasteiger partial charge in [0.25, 0.3) is 11.8 Å². The predicted molar refractivity (Wildman–Crippen MR) is 112 cm³/mol. The first kappa shape index (κ1) is 20.1. The Morgan fingerprint density at radius 2 is 1.61 bits per heavy atom. The van der Waals surface area contributed by atoms with Crippen molar-refractivity contribution in [3.63, 3.8) is 0 Å². The molecule has 1 aromatic heterocycles. The summed E-state index contributed by atoms with van der Waals surface area (Å²) in [6, 6.07) is 9.59. The third-order valence-corrected chi connectivity index (χ3v) is 5.28. The Hall–Kier alpha value is -2.69. The van der Waals surface area contributed by atoms with E-state index in [4.69, 9.17) is 0 Å². The highest BCUT2D eigenvalue weighted by Gasteiger charge is 2.18. The van der Waals surface area contributed by atoms with Crippen LogP contribution in [0.5, 0.6) is 0 Å². The fourth-order valence-corrected chi connectivity index (χ4v) is 3.69. The minimum Gasteiger partial charge on any atom is -0.349 e. The molecule has 2 amide bonds. The minimum absolute atomic E-state index is 0.156. The van der Waals surface area contributed by atoms with Crippen LogP contribution < -0.4 is 10.6 Å². The molecule has 5 nitrogen and oxygen atoms in total. The summed E-state index contributed by atoms with van der Waals surface area (Å²) >= 11 is 0. The Morgan fingerprint density at radius 1 is 0.964 bits per heavy atom. The second-order valence-electron chi connectivity index (χ2n) is 7.82. The molecular weight excluding hydrogens is 350 g/mol. The third-order valence-electron chi connectivity index (χ3n) is 5.28. The number of amides is 2. The van der Waals surface area contributed by atoms with Crippen molar-refractivity contribution in [2.75, 3.05) is 5.32 Å². The van der Waals surface area contributed by atoms with Gasteiger partial charge in [-0.3, -0.25) is 14.6 Å². The van der Waals surface area contributed by atoms with E-state index in [0.717, 1.165) is 36.9 Å². The van der Waals surface area contributed by atoms with E-state index in [1.165, 1.54) is 25.2 Å². The van der Waals surface area contributed by atoms with Crippen molar-refractivity contribution in [2.24, 2.45) is 0 Å². The van der Waals surface area contributed by atoms with Crippen LogP contribution in [0.2, 0.25) is 0 Å². The Bertz CT molecular complexity index is 824. The van der Waals surface area contributed by atoms with Crippen LogP contribution in [0.4, 0.5) is 5.69 Å². The quantitative estimate of drug-likeness (QED) is 0.725. The number of nitrogens with zero attached hydrogens (tertiary/aromatic N) is 1. The molecule has 1 aromatic carbocycles. The van der Waals surface area contributed by atoms with Gasteiger partial charge in [0.2, 0.25) is 0 Å². The largest absolute Gasteiger partial charge is 0.349 e. The second-order valence-corrected chi connectivity index (χ2v) is 7.82. The maximum Gasteiger partial charge on any atom is 0.257 e. The highest BCUT2D eigenvalue weighted by Crippen LogP contribution is 2.24. The maximum absolute atomic E-state index is 12.7. The van der Waals surface area contributed by atoms with E-state index in [9.17, 15) is 9.59 Å². The van der Waals surface area contributed by atoms with E-state index >= 15 is 0 Å². The zero-order valence-electron chi connectivity index (χ0n) is 16.7. The lowest BCUT2D eigenvalue weighted by Gasteiger charge is -2.16. The summed E-state index contributed by atoms with van der Waals surface area (Å²) in [5.74, 6) is -0.118. The molecule has 28 heavy (non-hydrogen) atoms. The number of benzene rings is 1. The van der Waals surface area contributed by atoms with Gasteiger partial charge in [-0.05, 0) is 36.5 Å². The summed E-state index contributed by atoms with van der Waals surface area (Å²) < 4.78 is 0. The molecular formula is C23H29N3O2. The average molecular weight is 380 g/mol. The summed E-state index contributed by atoms with van der Waals surface area (Å²) in [6.07, 6.45) is 9.84. The lowest BCUT2D eigenvalue weighted by Crippen LogP contribution is -2.34. The Balaban J connectivity index is 1.70. The number of carbonyl (C=O) groups is 2. The van der Waals surface area contributed by atoms with Crippen LogP contribution in [0.1, 0.15) is 84.6 Å². The topological polar surface area (TPSA) is 71.1 Å². The standard InChI is InChI=1S/C23H29N3O2/c1-16(2)20-11-7-8-12-21(20)26-23(28)18-13-17(14-24-15-18)22(27)25-19-9-5-3-4-6-10-19/h7-8,11-16,19H,3-6,9-10H2,1-2H3,(H,25,27)(H,26,28).